The van der Waals surface area contributed by atoms with Crippen molar-refractivity contribution in [2.75, 3.05) is 19.6 Å². The van der Waals surface area contributed by atoms with Crippen LogP contribution in [0.4, 0.5) is 0 Å². The van der Waals surface area contributed by atoms with Crippen LogP contribution in [-0.2, 0) is 4.79 Å². The van der Waals surface area contributed by atoms with Gasteiger partial charge in [-0.15, -0.1) is 0 Å². The van der Waals surface area contributed by atoms with Crippen LogP contribution in [0.25, 0.3) is 0 Å². The highest BCUT2D eigenvalue weighted by molar-refractivity contribution is 5.77. The Labute approximate surface area is 104 Å². The molecule has 0 aromatic heterocycles. The van der Waals surface area contributed by atoms with Gasteiger partial charge in [-0.1, -0.05) is 19.8 Å². The lowest BCUT2D eigenvalue weighted by Gasteiger charge is -2.40. The molecule has 0 bridgehead atoms. The molecule has 1 unspecified atom stereocenters. The van der Waals surface area contributed by atoms with Crippen molar-refractivity contribution in [3.63, 3.8) is 0 Å². The number of nitrogens with two attached hydrogens (primary N) is 1. The topological polar surface area (TPSA) is 58.4 Å². The summed E-state index contributed by atoms with van der Waals surface area (Å²) in [5.41, 5.74) is 2.90. The Bertz CT molecular complexity index is 264. The van der Waals surface area contributed by atoms with E-state index in [-0.39, 0.29) is 11.8 Å². The van der Waals surface area contributed by atoms with Gasteiger partial charge in [-0.05, 0) is 44.2 Å². The first-order valence-electron chi connectivity index (χ1n) is 6.88. The molecular weight excluding hydrogens is 214 g/mol. The molecular formula is C13H25N3O. The molecule has 1 amide bonds. The number of likely N-dealkylation sites (tertiary alicyclic amines) is 1. The molecule has 0 radical (unpaired) electrons. The van der Waals surface area contributed by atoms with E-state index in [0.29, 0.717) is 5.41 Å². The number of nitrogens with one attached hydrogen (secondary N) is 1. The first kappa shape index (κ1) is 12.8. The van der Waals surface area contributed by atoms with Crippen LogP contribution in [-0.4, -0.2) is 30.4 Å². The zero-order chi connectivity index (χ0) is 12.3. The molecule has 1 saturated carbocycles. The van der Waals surface area contributed by atoms with Crippen molar-refractivity contribution in [2.45, 2.75) is 45.4 Å². The molecule has 1 aliphatic carbocycles. The van der Waals surface area contributed by atoms with Crippen molar-refractivity contribution in [3.05, 3.63) is 0 Å². The summed E-state index contributed by atoms with van der Waals surface area (Å²) >= 11 is 0. The average molecular weight is 239 g/mol. The summed E-state index contributed by atoms with van der Waals surface area (Å²) in [6, 6.07) is 0. The van der Waals surface area contributed by atoms with Gasteiger partial charge >= 0.3 is 0 Å². The highest BCUT2D eigenvalue weighted by Crippen LogP contribution is 2.46. The van der Waals surface area contributed by atoms with E-state index in [2.05, 4.69) is 10.3 Å². The van der Waals surface area contributed by atoms with Crippen molar-refractivity contribution in [1.82, 2.24) is 10.3 Å². The number of amides is 1. The molecule has 98 valence electrons. The zero-order valence-corrected chi connectivity index (χ0v) is 10.9. The second-order valence-electron chi connectivity index (χ2n) is 5.92. The van der Waals surface area contributed by atoms with E-state index in [1.54, 1.807) is 0 Å². The number of rotatable bonds is 3. The predicted molar refractivity (Wildman–Crippen MR) is 68.1 cm³/mol. The maximum Gasteiger partial charge on any atom is 0.237 e. The third-order valence-corrected chi connectivity index (χ3v) is 4.70. The van der Waals surface area contributed by atoms with E-state index in [0.717, 1.165) is 19.6 Å². The van der Waals surface area contributed by atoms with Crippen LogP contribution >= 0.6 is 0 Å². The lowest BCUT2D eigenvalue weighted by molar-refractivity contribution is -0.125. The highest BCUT2D eigenvalue weighted by Gasteiger charge is 2.37. The Morgan fingerprint density at radius 3 is 2.41 bits per heavy atom. The average Bonchev–Trinajstić information content (AvgIpc) is 2.80. The van der Waals surface area contributed by atoms with E-state index in [9.17, 15) is 4.79 Å². The number of hydrazine groups is 1. The van der Waals surface area contributed by atoms with E-state index in [1.165, 1.54) is 38.5 Å². The van der Waals surface area contributed by atoms with Crippen molar-refractivity contribution in [3.8, 4) is 0 Å². The number of carbonyl (C=O) groups is 1. The fourth-order valence-electron chi connectivity index (χ4n) is 3.45. The number of hydrogen-bond donors (Lipinski definition) is 2. The van der Waals surface area contributed by atoms with Gasteiger partial charge in [0.1, 0.15) is 0 Å². The normalized spacial score (nSPS) is 26.0. The minimum Gasteiger partial charge on any atom is -0.303 e. The Morgan fingerprint density at radius 2 is 1.88 bits per heavy atom. The molecule has 0 aromatic carbocycles. The molecule has 4 heteroatoms. The van der Waals surface area contributed by atoms with Gasteiger partial charge < -0.3 is 4.90 Å². The second-order valence-corrected chi connectivity index (χ2v) is 5.92. The Kier molecular flexibility index (Phi) is 4.05. The van der Waals surface area contributed by atoms with Crippen LogP contribution in [0, 0.1) is 11.3 Å². The van der Waals surface area contributed by atoms with Gasteiger partial charge in [0, 0.05) is 12.5 Å². The molecule has 2 rings (SSSR count). The molecule has 2 fully saturated rings. The first-order chi connectivity index (χ1) is 8.15. The molecule has 1 atom stereocenters. The summed E-state index contributed by atoms with van der Waals surface area (Å²) in [6.45, 7) is 5.10. The molecule has 1 saturated heterocycles. The lowest BCUT2D eigenvalue weighted by Crippen LogP contribution is -2.44. The highest BCUT2D eigenvalue weighted by atomic mass is 16.2. The Morgan fingerprint density at radius 1 is 1.29 bits per heavy atom. The zero-order valence-electron chi connectivity index (χ0n) is 10.9. The van der Waals surface area contributed by atoms with Crippen LogP contribution in [0.15, 0.2) is 0 Å². The van der Waals surface area contributed by atoms with Gasteiger partial charge in [-0.2, -0.15) is 0 Å². The number of hydrogen-bond acceptors (Lipinski definition) is 3. The van der Waals surface area contributed by atoms with Crippen LogP contribution in [0.3, 0.4) is 0 Å². The van der Waals surface area contributed by atoms with Gasteiger partial charge in [0.15, 0.2) is 0 Å². The minimum absolute atomic E-state index is 0.00220. The fourth-order valence-corrected chi connectivity index (χ4v) is 3.45. The van der Waals surface area contributed by atoms with Gasteiger partial charge in [0.2, 0.25) is 5.91 Å². The molecule has 4 nitrogen and oxygen atoms in total. The summed E-state index contributed by atoms with van der Waals surface area (Å²) in [7, 11) is 0. The van der Waals surface area contributed by atoms with Gasteiger partial charge in [-0.3, -0.25) is 10.2 Å². The van der Waals surface area contributed by atoms with Crippen LogP contribution in [0.1, 0.15) is 45.4 Å². The third-order valence-electron chi connectivity index (χ3n) is 4.70. The summed E-state index contributed by atoms with van der Waals surface area (Å²) in [5, 5.41) is 0. The SMILES string of the molecule is CC(CN1CCC2(CCCC2)CC1)C(=O)NN. The maximum absolute atomic E-state index is 11.4. The molecule has 2 aliphatic rings. The summed E-state index contributed by atoms with van der Waals surface area (Å²) in [4.78, 5) is 13.8. The van der Waals surface area contributed by atoms with Crippen molar-refractivity contribution < 1.29 is 4.79 Å². The lowest BCUT2D eigenvalue weighted by atomic mass is 9.77. The van der Waals surface area contributed by atoms with Crippen LogP contribution in [0.5, 0.6) is 0 Å². The van der Waals surface area contributed by atoms with Gasteiger partial charge in [0.25, 0.3) is 0 Å². The number of nitrogens with zero attached hydrogens (tertiary/aromatic N) is 1. The Balaban J connectivity index is 1.77. The van der Waals surface area contributed by atoms with Crippen LogP contribution < -0.4 is 11.3 Å². The number of carbonyl (C=O) groups excluding carboxylic acids is 1. The molecule has 1 heterocycles. The predicted octanol–water partition coefficient (Wildman–Crippen LogP) is 1.27. The summed E-state index contributed by atoms with van der Waals surface area (Å²) in [5.74, 6) is 5.10. The minimum atomic E-state index is -0.0499. The monoisotopic (exact) mass is 239 g/mol. The van der Waals surface area contributed by atoms with E-state index in [4.69, 9.17) is 5.84 Å². The quantitative estimate of drug-likeness (QED) is 0.443. The van der Waals surface area contributed by atoms with Gasteiger partial charge in [-0.25, -0.2) is 5.84 Å². The van der Waals surface area contributed by atoms with E-state index >= 15 is 0 Å². The third kappa shape index (κ3) is 2.99. The smallest absolute Gasteiger partial charge is 0.237 e. The van der Waals surface area contributed by atoms with E-state index < -0.39 is 0 Å². The van der Waals surface area contributed by atoms with Gasteiger partial charge in [0.05, 0.1) is 0 Å². The van der Waals surface area contributed by atoms with Crippen LogP contribution in [0.2, 0.25) is 0 Å². The fraction of sp³-hybridized carbons (Fsp3) is 0.923. The summed E-state index contributed by atoms with van der Waals surface area (Å²) < 4.78 is 0. The molecule has 17 heavy (non-hydrogen) atoms. The molecule has 1 aliphatic heterocycles. The largest absolute Gasteiger partial charge is 0.303 e. The Hall–Kier alpha value is -0.610. The first-order valence-corrected chi connectivity index (χ1v) is 6.88. The molecule has 3 N–H and O–H groups in total. The van der Waals surface area contributed by atoms with Crippen molar-refractivity contribution in [2.24, 2.45) is 17.2 Å². The molecule has 0 aromatic rings. The second kappa shape index (κ2) is 5.36. The van der Waals surface area contributed by atoms with E-state index in [1.807, 2.05) is 6.92 Å². The summed E-state index contributed by atoms with van der Waals surface area (Å²) in [6.07, 6.45) is 8.35. The van der Waals surface area contributed by atoms with Crippen molar-refractivity contribution in [1.29, 1.82) is 0 Å². The molecule has 1 spiro atoms. The number of piperidine rings is 1. The van der Waals surface area contributed by atoms with Crippen molar-refractivity contribution >= 4 is 5.91 Å². The maximum atomic E-state index is 11.4. The standard InChI is InChI=1S/C13H25N3O/c1-11(12(17)15-14)10-16-8-6-13(7-9-16)4-2-3-5-13/h11H,2-10,14H2,1H3,(H,15,17).